The number of nitrogens with zero attached hydrogens (tertiary/aromatic N) is 1. The van der Waals surface area contributed by atoms with E-state index in [0.29, 0.717) is 50.2 Å². The summed E-state index contributed by atoms with van der Waals surface area (Å²) in [6.07, 6.45) is 2.34. The fourth-order valence-electron chi connectivity index (χ4n) is 3.84. The molecule has 2 fully saturated rings. The highest BCUT2D eigenvalue weighted by atomic mass is 16.6. The Bertz CT molecular complexity index is 615. The maximum absolute atomic E-state index is 12.8. The van der Waals surface area contributed by atoms with Gasteiger partial charge in [0.15, 0.2) is 0 Å². The third-order valence-corrected chi connectivity index (χ3v) is 5.26. The van der Waals surface area contributed by atoms with Crippen molar-refractivity contribution < 1.29 is 28.6 Å². The number of carbonyl (C=O) groups is 3. The van der Waals surface area contributed by atoms with Crippen LogP contribution in [0.25, 0.3) is 0 Å². The van der Waals surface area contributed by atoms with Crippen LogP contribution in [0.2, 0.25) is 0 Å². The smallest absolute Gasteiger partial charge is 0.409 e. The van der Waals surface area contributed by atoms with Gasteiger partial charge in [0.2, 0.25) is 0 Å². The minimum Gasteiger partial charge on any atom is -0.450 e. The van der Waals surface area contributed by atoms with Crippen molar-refractivity contribution in [1.82, 2.24) is 10.2 Å². The summed E-state index contributed by atoms with van der Waals surface area (Å²) < 4.78 is 16.2. The van der Waals surface area contributed by atoms with Crippen molar-refractivity contribution in [1.29, 1.82) is 0 Å². The van der Waals surface area contributed by atoms with Gasteiger partial charge in [-0.2, -0.15) is 0 Å². The molecular weight excluding hydrogens is 340 g/mol. The molecular formula is C18H26N2O6. The van der Waals surface area contributed by atoms with E-state index < -0.39 is 11.6 Å². The lowest BCUT2D eigenvalue weighted by atomic mass is 9.83. The summed E-state index contributed by atoms with van der Waals surface area (Å²) in [6.45, 7) is 5.59. The summed E-state index contributed by atoms with van der Waals surface area (Å²) in [7, 11) is 0. The number of esters is 1. The molecule has 2 saturated heterocycles. The molecule has 0 bridgehead atoms. The first-order valence-corrected chi connectivity index (χ1v) is 9.23. The Hall–Kier alpha value is -2.09. The molecule has 3 aliphatic heterocycles. The molecule has 8 nitrogen and oxygen atoms in total. The lowest BCUT2D eigenvalue weighted by Gasteiger charge is -2.38. The molecule has 0 aromatic carbocycles. The normalized spacial score (nSPS) is 24.8. The van der Waals surface area contributed by atoms with Gasteiger partial charge in [-0.25, -0.2) is 9.59 Å². The highest BCUT2D eigenvalue weighted by Crippen LogP contribution is 2.41. The molecule has 0 aromatic heterocycles. The topological polar surface area (TPSA) is 94.2 Å². The number of ether oxygens (including phenoxy) is 3. The summed E-state index contributed by atoms with van der Waals surface area (Å²) in [5, 5.41) is 2.88. The van der Waals surface area contributed by atoms with Gasteiger partial charge >= 0.3 is 12.1 Å². The van der Waals surface area contributed by atoms with E-state index in [9.17, 15) is 14.4 Å². The van der Waals surface area contributed by atoms with Crippen LogP contribution in [0, 0.1) is 0 Å². The molecule has 3 rings (SSSR count). The van der Waals surface area contributed by atoms with Gasteiger partial charge in [-0.05, 0) is 26.7 Å². The average Bonchev–Trinajstić information content (AvgIpc) is 3.21. The molecule has 1 N–H and O–H groups in total. The average molecular weight is 366 g/mol. The molecule has 1 atom stereocenters. The SMILES string of the molecule is CCOC(=O)N1CCC2(CC1)OC(=O)C(C)=C2C(=O)NC[C@@H]1CCCO1. The fraction of sp³-hybridized carbons (Fsp3) is 0.722. The van der Waals surface area contributed by atoms with Crippen LogP contribution in [0.4, 0.5) is 4.79 Å². The Labute approximate surface area is 152 Å². The third kappa shape index (κ3) is 3.56. The first kappa shape index (κ1) is 18.7. The van der Waals surface area contributed by atoms with E-state index >= 15 is 0 Å². The second kappa shape index (κ2) is 7.65. The zero-order valence-corrected chi connectivity index (χ0v) is 15.3. The van der Waals surface area contributed by atoms with Gasteiger partial charge in [-0.1, -0.05) is 0 Å². The molecule has 2 amide bonds. The minimum atomic E-state index is -0.954. The second-order valence-electron chi connectivity index (χ2n) is 6.91. The van der Waals surface area contributed by atoms with Crippen molar-refractivity contribution in [2.75, 3.05) is 32.8 Å². The Morgan fingerprint density at radius 3 is 2.69 bits per heavy atom. The van der Waals surface area contributed by atoms with Crippen LogP contribution in [0.15, 0.2) is 11.1 Å². The number of piperidine rings is 1. The predicted molar refractivity (Wildman–Crippen MR) is 91.3 cm³/mol. The molecule has 3 heterocycles. The quantitative estimate of drug-likeness (QED) is 0.750. The zero-order valence-electron chi connectivity index (χ0n) is 15.3. The van der Waals surface area contributed by atoms with E-state index in [1.165, 1.54) is 0 Å². The Morgan fingerprint density at radius 2 is 2.08 bits per heavy atom. The lowest BCUT2D eigenvalue weighted by Crippen LogP contribution is -2.50. The number of likely N-dealkylation sites (tertiary alicyclic amines) is 1. The van der Waals surface area contributed by atoms with Gasteiger partial charge in [-0.3, -0.25) is 4.79 Å². The highest BCUT2D eigenvalue weighted by molar-refractivity contribution is 6.07. The van der Waals surface area contributed by atoms with Crippen molar-refractivity contribution in [2.24, 2.45) is 0 Å². The standard InChI is InChI=1S/C18H26N2O6/c1-3-24-17(23)20-8-6-18(7-9-20)14(12(2)16(22)26-18)15(21)19-11-13-5-4-10-25-13/h13H,3-11H2,1-2H3,(H,19,21)/t13-/m0/s1. The van der Waals surface area contributed by atoms with E-state index in [2.05, 4.69) is 5.32 Å². The molecule has 8 heteroatoms. The van der Waals surface area contributed by atoms with Crippen LogP contribution in [-0.4, -0.2) is 67.4 Å². The van der Waals surface area contributed by atoms with Crippen LogP contribution >= 0.6 is 0 Å². The second-order valence-corrected chi connectivity index (χ2v) is 6.91. The van der Waals surface area contributed by atoms with Crippen molar-refractivity contribution >= 4 is 18.0 Å². The van der Waals surface area contributed by atoms with Gasteiger partial charge < -0.3 is 24.4 Å². The van der Waals surface area contributed by atoms with Crippen LogP contribution in [0.1, 0.15) is 39.5 Å². The molecule has 3 aliphatic rings. The molecule has 1 spiro atoms. The van der Waals surface area contributed by atoms with Gasteiger partial charge in [-0.15, -0.1) is 0 Å². The van der Waals surface area contributed by atoms with Gasteiger partial charge in [0, 0.05) is 44.7 Å². The lowest BCUT2D eigenvalue weighted by molar-refractivity contribution is -0.150. The Balaban J connectivity index is 1.67. The number of hydrogen-bond donors (Lipinski definition) is 1. The summed E-state index contributed by atoms with van der Waals surface area (Å²) in [5.41, 5.74) is -0.214. The summed E-state index contributed by atoms with van der Waals surface area (Å²) in [4.78, 5) is 38.4. The third-order valence-electron chi connectivity index (χ3n) is 5.26. The van der Waals surface area contributed by atoms with Gasteiger partial charge in [0.05, 0.1) is 18.3 Å². The molecule has 0 radical (unpaired) electrons. The highest BCUT2D eigenvalue weighted by Gasteiger charge is 2.51. The maximum Gasteiger partial charge on any atom is 0.409 e. The van der Waals surface area contributed by atoms with Gasteiger partial charge in [0.1, 0.15) is 5.60 Å². The van der Waals surface area contributed by atoms with Crippen LogP contribution < -0.4 is 5.32 Å². The first-order chi connectivity index (χ1) is 12.5. The molecule has 0 saturated carbocycles. The number of amides is 2. The van der Waals surface area contributed by atoms with Crippen molar-refractivity contribution in [3.8, 4) is 0 Å². The van der Waals surface area contributed by atoms with E-state index in [0.717, 1.165) is 19.4 Å². The van der Waals surface area contributed by atoms with Crippen LogP contribution in [-0.2, 0) is 23.8 Å². The first-order valence-electron chi connectivity index (χ1n) is 9.23. The number of rotatable bonds is 4. The van der Waals surface area contributed by atoms with E-state index in [1.807, 2.05) is 0 Å². The van der Waals surface area contributed by atoms with Gasteiger partial charge in [0.25, 0.3) is 5.91 Å². The Morgan fingerprint density at radius 1 is 1.35 bits per heavy atom. The monoisotopic (exact) mass is 366 g/mol. The van der Waals surface area contributed by atoms with E-state index in [4.69, 9.17) is 14.2 Å². The summed E-state index contributed by atoms with van der Waals surface area (Å²) in [5.74, 6) is -0.745. The number of hydrogen-bond acceptors (Lipinski definition) is 6. The maximum atomic E-state index is 12.8. The number of nitrogens with one attached hydrogen (secondary N) is 1. The van der Waals surface area contributed by atoms with E-state index in [-0.39, 0.29) is 18.1 Å². The summed E-state index contributed by atoms with van der Waals surface area (Å²) in [6, 6.07) is 0. The molecule has 26 heavy (non-hydrogen) atoms. The van der Waals surface area contributed by atoms with E-state index in [1.54, 1.807) is 18.7 Å². The van der Waals surface area contributed by atoms with Crippen LogP contribution in [0.3, 0.4) is 0 Å². The fourth-order valence-corrected chi connectivity index (χ4v) is 3.84. The zero-order chi connectivity index (χ0) is 18.7. The molecule has 144 valence electrons. The Kier molecular flexibility index (Phi) is 5.50. The summed E-state index contributed by atoms with van der Waals surface area (Å²) >= 11 is 0. The van der Waals surface area contributed by atoms with Crippen molar-refractivity contribution in [3.63, 3.8) is 0 Å². The molecule has 0 aromatic rings. The largest absolute Gasteiger partial charge is 0.450 e. The van der Waals surface area contributed by atoms with Crippen molar-refractivity contribution in [3.05, 3.63) is 11.1 Å². The number of carbonyl (C=O) groups excluding carboxylic acids is 3. The van der Waals surface area contributed by atoms with Crippen molar-refractivity contribution in [2.45, 2.75) is 51.2 Å². The van der Waals surface area contributed by atoms with Crippen LogP contribution in [0.5, 0.6) is 0 Å². The predicted octanol–water partition coefficient (Wildman–Crippen LogP) is 1.15. The molecule has 0 unspecified atom stereocenters. The minimum absolute atomic E-state index is 0.0273. The molecule has 0 aliphatic carbocycles.